The maximum atomic E-state index is 12.2. The van der Waals surface area contributed by atoms with Gasteiger partial charge in [0.25, 0.3) is 0 Å². The van der Waals surface area contributed by atoms with E-state index in [2.05, 4.69) is 0 Å². The molecule has 0 aliphatic carbocycles. The summed E-state index contributed by atoms with van der Waals surface area (Å²) in [5, 5.41) is 9.44. The van der Waals surface area contributed by atoms with Crippen molar-refractivity contribution >= 4 is 17.7 Å². The molecule has 0 aromatic heterocycles. The monoisotopic (exact) mass is 306 g/mol. The second kappa shape index (κ2) is 6.25. The second-order valence-electron chi connectivity index (χ2n) is 6.31. The number of nitrogens with zero attached hydrogens (tertiary/aromatic N) is 2. The van der Waals surface area contributed by atoms with Crippen molar-refractivity contribution in [1.29, 1.82) is 0 Å². The predicted octanol–water partition coefficient (Wildman–Crippen LogP) is 2.20. The second-order valence-corrected chi connectivity index (χ2v) is 6.31. The Hall–Kier alpha value is -2.24. The smallest absolute Gasteiger partial charge is 0.411 e. The first-order valence-electron chi connectivity index (χ1n) is 7.30. The summed E-state index contributed by atoms with van der Waals surface area (Å²) >= 11 is 0. The van der Waals surface area contributed by atoms with Gasteiger partial charge in [-0.05, 0) is 32.9 Å². The Balaban J connectivity index is 2.12. The van der Waals surface area contributed by atoms with E-state index in [1.807, 2.05) is 35.2 Å². The maximum absolute atomic E-state index is 12.2. The number of piperazine rings is 1. The van der Waals surface area contributed by atoms with Gasteiger partial charge in [-0.3, -0.25) is 4.90 Å². The number of para-hydroxylation sites is 1. The highest BCUT2D eigenvalue weighted by Crippen LogP contribution is 2.21. The molecule has 0 unspecified atom stereocenters. The quantitative estimate of drug-likeness (QED) is 0.907. The van der Waals surface area contributed by atoms with Crippen molar-refractivity contribution in [2.75, 3.05) is 24.5 Å². The number of rotatable bonds is 2. The van der Waals surface area contributed by atoms with Crippen LogP contribution in [0.1, 0.15) is 20.8 Å². The summed E-state index contributed by atoms with van der Waals surface area (Å²) in [7, 11) is 0. The van der Waals surface area contributed by atoms with Crippen LogP contribution in [0, 0.1) is 0 Å². The van der Waals surface area contributed by atoms with Gasteiger partial charge < -0.3 is 14.7 Å². The van der Waals surface area contributed by atoms with Crippen LogP contribution < -0.4 is 4.90 Å². The third kappa shape index (κ3) is 3.90. The number of benzene rings is 1. The lowest BCUT2D eigenvalue weighted by atomic mass is 10.1. The van der Waals surface area contributed by atoms with Crippen LogP contribution >= 0.6 is 0 Å². The van der Waals surface area contributed by atoms with Crippen molar-refractivity contribution in [3.63, 3.8) is 0 Å². The summed E-state index contributed by atoms with van der Waals surface area (Å²) in [6.07, 6.45) is -0.576. The van der Waals surface area contributed by atoms with Gasteiger partial charge in [-0.1, -0.05) is 18.2 Å². The first kappa shape index (κ1) is 16.1. The fourth-order valence-electron chi connectivity index (χ4n) is 2.41. The average Bonchev–Trinajstić information content (AvgIpc) is 2.45. The summed E-state index contributed by atoms with van der Waals surface area (Å²) in [6.45, 7) is 6.44. The minimum atomic E-state index is -1.02. The Morgan fingerprint density at radius 3 is 2.36 bits per heavy atom. The maximum Gasteiger partial charge on any atom is 0.411 e. The fourth-order valence-corrected chi connectivity index (χ4v) is 2.41. The highest BCUT2D eigenvalue weighted by atomic mass is 16.6. The zero-order chi connectivity index (χ0) is 16.3. The predicted molar refractivity (Wildman–Crippen MR) is 83.0 cm³/mol. The molecule has 2 rings (SSSR count). The molecule has 6 heteroatoms. The van der Waals surface area contributed by atoms with Gasteiger partial charge in [0.05, 0.1) is 0 Å². The molecule has 1 atom stereocenters. The van der Waals surface area contributed by atoms with Gasteiger partial charge in [0.2, 0.25) is 0 Å². The third-order valence-corrected chi connectivity index (χ3v) is 3.41. The third-order valence-electron chi connectivity index (χ3n) is 3.41. The van der Waals surface area contributed by atoms with Crippen LogP contribution in [0.25, 0.3) is 0 Å². The topological polar surface area (TPSA) is 70.1 Å². The minimum Gasteiger partial charge on any atom is -0.480 e. The first-order valence-corrected chi connectivity index (χ1v) is 7.30. The molecule has 0 bridgehead atoms. The molecule has 1 fully saturated rings. The number of hydrogen-bond donors (Lipinski definition) is 1. The van der Waals surface area contributed by atoms with Crippen LogP contribution in [0.2, 0.25) is 0 Å². The standard InChI is InChI=1S/C16H22N2O4/c1-16(2,3)22-15(21)18-10-9-17(11-13(18)14(19)20)12-7-5-4-6-8-12/h4-8,13H,9-11H2,1-3H3,(H,19,20)/t13-/m0/s1. The van der Waals surface area contributed by atoms with E-state index in [4.69, 9.17) is 4.74 Å². The van der Waals surface area contributed by atoms with Gasteiger partial charge in [0.1, 0.15) is 11.6 Å². The molecule has 1 aromatic carbocycles. The number of aliphatic carboxylic acids is 1. The van der Waals surface area contributed by atoms with E-state index in [0.29, 0.717) is 13.1 Å². The summed E-state index contributed by atoms with van der Waals surface area (Å²) in [5.41, 5.74) is 0.314. The number of ether oxygens (including phenoxy) is 1. The van der Waals surface area contributed by atoms with Crippen LogP contribution in [0.4, 0.5) is 10.5 Å². The molecule has 1 N–H and O–H groups in total. The molecule has 1 heterocycles. The lowest BCUT2D eigenvalue weighted by Crippen LogP contribution is -2.59. The Labute approximate surface area is 130 Å². The normalized spacial score (nSPS) is 19.0. The molecule has 1 aromatic rings. The molecule has 0 radical (unpaired) electrons. The van der Waals surface area contributed by atoms with Crippen LogP contribution in [-0.4, -0.2) is 53.3 Å². The van der Waals surface area contributed by atoms with Crippen LogP contribution in [0.3, 0.4) is 0 Å². The number of carboxylic acids is 1. The average molecular weight is 306 g/mol. The van der Waals surface area contributed by atoms with Crippen molar-refractivity contribution in [2.24, 2.45) is 0 Å². The highest BCUT2D eigenvalue weighted by Gasteiger charge is 2.37. The van der Waals surface area contributed by atoms with Crippen LogP contribution in [0.5, 0.6) is 0 Å². The molecule has 0 spiro atoms. The van der Waals surface area contributed by atoms with Gasteiger partial charge in [0, 0.05) is 25.3 Å². The van der Waals surface area contributed by atoms with Crippen molar-refractivity contribution in [2.45, 2.75) is 32.4 Å². The van der Waals surface area contributed by atoms with E-state index in [1.54, 1.807) is 20.8 Å². The van der Waals surface area contributed by atoms with E-state index < -0.39 is 23.7 Å². The Kier molecular flexibility index (Phi) is 4.59. The van der Waals surface area contributed by atoms with E-state index in [1.165, 1.54) is 4.90 Å². The van der Waals surface area contributed by atoms with Crippen LogP contribution in [-0.2, 0) is 9.53 Å². The van der Waals surface area contributed by atoms with Gasteiger partial charge in [-0.15, -0.1) is 0 Å². The van der Waals surface area contributed by atoms with Crippen molar-refractivity contribution in [3.8, 4) is 0 Å². The van der Waals surface area contributed by atoms with Gasteiger partial charge in [-0.25, -0.2) is 9.59 Å². The number of hydrogen-bond acceptors (Lipinski definition) is 4. The zero-order valence-corrected chi connectivity index (χ0v) is 13.2. The highest BCUT2D eigenvalue weighted by molar-refractivity contribution is 5.81. The summed E-state index contributed by atoms with van der Waals surface area (Å²) in [6, 6.07) is 8.68. The molecular weight excluding hydrogens is 284 g/mol. The van der Waals surface area contributed by atoms with Crippen LogP contribution in [0.15, 0.2) is 30.3 Å². The summed E-state index contributed by atoms with van der Waals surface area (Å²) in [4.78, 5) is 27.0. The first-order chi connectivity index (χ1) is 10.3. The Morgan fingerprint density at radius 1 is 1.18 bits per heavy atom. The molecule has 0 saturated carbocycles. The van der Waals surface area contributed by atoms with E-state index in [-0.39, 0.29) is 6.54 Å². The van der Waals surface area contributed by atoms with Crippen molar-refractivity contribution in [3.05, 3.63) is 30.3 Å². The Bertz CT molecular complexity index is 539. The number of amides is 1. The Morgan fingerprint density at radius 2 is 1.82 bits per heavy atom. The number of carbonyl (C=O) groups is 2. The molecule has 22 heavy (non-hydrogen) atoms. The number of carbonyl (C=O) groups excluding carboxylic acids is 1. The van der Waals surface area contributed by atoms with Crippen molar-refractivity contribution < 1.29 is 19.4 Å². The molecular formula is C16H22N2O4. The number of carboxylic acid groups (broad SMARTS) is 1. The lowest BCUT2D eigenvalue weighted by molar-refractivity contribution is -0.143. The zero-order valence-electron chi connectivity index (χ0n) is 13.2. The number of anilines is 1. The molecule has 1 saturated heterocycles. The molecule has 120 valence electrons. The van der Waals surface area contributed by atoms with E-state index in [0.717, 1.165) is 5.69 Å². The van der Waals surface area contributed by atoms with Gasteiger partial charge >= 0.3 is 12.1 Å². The largest absolute Gasteiger partial charge is 0.480 e. The lowest BCUT2D eigenvalue weighted by Gasteiger charge is -2.40. The minimum absolute atomic E-state index is 0.249. The molecule has 1 amide bonds. The van der Waals surface area contributed by atoms with E-state index >= 15 is 0 Å². The molecule has 1 aliphatic heterocycles. The SMILES string of the molecule is CC(C)(C)OC(=O)N1CCN(c2ccccc2)C[C@H]1C(=O)O. The van der Waals surface area contributed by atoms with Gasteiger partial charge in [0.15, 0.2) is 0 Å². The molecule has 1 aliphatic rings. The van der Waals surface area contributed by atoms with Gasteiger partial charge in [-0.2, -0.15) is 0 Å². The molecule has 6 nitrogen and oxygen atoms in total. The summed E-state index contributed by atoms with van der Waals surface area (Å²) in [5.74, 6) is -1.02. The van der Waals surface area contributed by atoms with Crippen molar-refractivity contribution in [1.82, 2.24) is 4.90 Å². The fraction of sp³-hybridized carbons (Fsp3) is 0.500. The van der Waals surface area contributed by atoms with E-state index in [9.17, 15) is 14.7 Å². The summed E-state index contributed by atoms with van der Waals surface area (Å²) < 4.78 is 5.30.